The van der Waals surface area contributed by atoms with Crippen molar-refractivity contribution in [1.29, 1.82) is 0 Å². The third-order valence-corrected chi connectivity index (χ3v) is 6.50. The summed E-state index contributed by atoms with van der Waals surface area (Å²) < 4.78 is 20.4. The van der Waals surface area contributed by atoms with E-state index < -0.39 is 11.9 Å². The Morgan fingerprint density at radius 1 is 1.18 bits per heavy atom. The third kappa shape index (κ3) is 4.04. The predicted molar refractivity (Wildman–Crippen MR) is 122 cm³/mol. The molecule has 1 amide bonds. The van der Waals surface area contributed by atoms with Crippen LogP contribution in [0.2, 0.25) is 0 Å². The van der Waals surface area contributed by atoms with Gasteiger partial charge in [0.25, 0.3) is 0 Å². The second-order valence-electron chi connectivity index (χ2n) is 8.81. The number of aromatic nitrogens is 4. The number of nitrogens with zero attached hydrogens (tertiary/aromatic N) is 6. The first-order chi connectivity index (χ1) is 16.3. The summed E-state index contributed by atoms with van der Waals surface area (Å²) >= 11 is 0. The molecule has 1 aromatic carbocycles. The second kappa shape index (κ2) is 8.40. The number of piperidine rings is 1. The zero-order valence-electron chi connectivity index (χ0n) is 18.6. The first-order valence-corrected chi connectivity index (χ1v) is 10.9. The first kappa shape index (κ1) is 21.8. The van der Waals surface area contributed by atoms with Crippen LogP contribution in [0.25, 0.3) is 11.1 Å². The van der Waals surface area contributed by atoms with Gasteiger partial charge in [-0.05, 0) is 43.5 Å². The lowest BCUT2D eigenvalue weighted by Crippen LogP contribution is -2.61. The molecule has 2 fully saturated rings. The molecule has 3 aromatic rings. The van der Waals surface area contributed by atoms with E-state index in [0.29, 0.717) is 35.7 Å². The van der Waals surface area contributed by atoms with Crippen molar-refractivity contribution in [2.24, 2.45) is 5.41 Å². The van der Waals surface area contributed by atoms with E-state index in [1.165, 1.54) is 23.4 Å². The summed E-state index contributed by atoms with van der Waals surface area (Å²) in [6.45, 7) is 4.32. The smallest absolute Gasteiger partial charge is 0.407 e. The van der Waals surface area contributed by atoms with Gasteiger partial charge in [0, 0.05) is 43.5 Å². The minimum absolute atomic E-state index is 0.000542. The largest absolute Gasteiger partial charge is 0.465 e. The fraction of sp³-hybridized carbons (Fsp3) is 0.348. The van der Waals surface area contributed by atoms with Gasteiger partial charge >= 0.3 is 12.1 Å². The number of hydrogen-bond donors (Lipinski definition) is 2. The number of carbonyl (C=O) groups is 1. The van der Waals surface area contributed by atoms with Crippen molar-refractivity contribution in [2.75, 3.05) is 36.8 Å². The minimum Gasteiger partial charge on any atom is -0.465 e. The lowest BCUT2D eigenvalue weighted by atomic mass is 9.72. The summed E-state index contributed by atoms with van der Waals surface area (Å²) in [4.78, 5) is 31.4. The van der Waals surface area contributed by atoms with Crippen LogP contribution < -0.4 is 15.4 Å². The molecule has 0 unspecified atom stereocenters. The van der Waals surface area contributed by atoms with Crippen molar-refractivity contribution in [3.8, 4) is 22.9 Å². The first-order valence-electron chi connectivity index (χ1n) is 10.9. The van der Waals surface area contributed by atoms with Crippen LogP contribution in [0.15, 0.2) is 36.8 Å². The third-order valence-electron chi connectivity index (χ3n) is 6.50. The van der Waals surface area contributed by atoms with E-state index in [0.717, 1.165) is 25.9 Å². The molecular weight excluding hydrogens is 441 g/mol. The molecule has 2 aromatic heterocycles. The number of carboxylic acid groups (broad SMARTS) is 1. The van der Waals surface area contributed by atoms with Gasteiger partial charge in [0.2, 0.25) is 0 Å². The normalized spacial score (nSPS) is 16.9. The van der Waals surface area contributed by atoms with Gasteiger partial charge in [0.05, 0.1) is 5.56 Å². The van der Waals surface area contributed by atoms with Crippen LogP contribution >= 0.6 is 0 Å². The van der Waals surface area contributed by atoms with Crippen molar-refractivity contribution >= 4 is 17.7 Å². The summed E-state index contributed by atoms with van der Waals surface area (Å²) in [5.74, 6) is 0.299. The molecule has 2 saturated heterocycles. The topological polar surface area (TPSA) is 131 Å². The molecular formula is C23H24FN7O3. The molecule has 176 valence electrons. The van der Waals surface area contributed by atoms with Gasteiger partial charge in [-0.3, -0.25) is 0 Å². The Morgan fingerprint density at radius 2 is 1.94 bits per heavy atom. The Morgan fingerprint density at radius 3 is 2.62 bits per heavy atom. The number of benzene rings is 1. The number of anilines is 2. The van der Waals surface area contributed by atoms with E-state index in [1.807, 2.05) is 0 Å². The molecule has 34 heavy (non-hydrogen) atoms. The van der Waals surface area contributed by atoms with Crippen molar-refractivity contribution in [3.05, 3.63) is 48.3 Å². The van der Waals surface area contributed by atoms with Gasteiger partial charge in [-0.25, -0.2) is 29.1 Å². The Kier molecular flexibility index (Phi) is 5.39. The van der Waals surface area contributed by atoms with Crippen molar-refractivity contribution < 1.29 is 19.0 Å². The number of aryl methyl sites for hydroxylation is 1. The van der Waals surface area contributed by atoms with Crippen LogP contribution in [-0.4, -0.2) is 62.2 Å². The lowest BCUT2D eigenvalue weighted by molar-refractivity contribution is 0.0707. The molecule has 3 N–H and O–H groups in total. The van der Waals surface area contributed by atoms with E-state index in [-0.39, 0.29) is 23.0 Å². The highest BCUT2D eigenvalue weighted by molar-refractivity contribution is 5.84. The Balaban J connectivity index is 1.36. The van der Waals surface area contributed by atoms with Crippen molar-refractivity contribution in [2.45, 2.75) is 19.8 Å². The van der Waals surface area contributed by atoms with Gasteiger partial charge in [0.15, 0.2) is 11.6 Å². The maximum atomic E-state index is 14.9. The number of likely N-dealkylation sites (tertiary alicyclic amines) is 1. The molecule has 0 radical (unpaired) electrons. The van der Waals surface area contributed by atoms with Gasteiger partial charge < -0.3 is 25.4 Å². The summed E-state index contributed by atoms with van der Waals surface area (Å²) in [7, 11) is 0. The molecule has 0 saturated carbocycles. The fourth-order valence-electron chi connectivity index (χ4n) is 4.62. The standard InChI is InChI=1S/C23H24FN7O3/c1-14-4-7-26-21(29-14)34-17-3-2-15(10-16(17)24)18-19(25)27-13-28-20(18)31-11-23(12-31)5-8-30(9-6-23)22(32)33/h2-4,7,10,13H,5-6,8-9,11-12H2,1H3,(H,32,33)(H2,25,27,28). The van der Waals surface area contributed by atoms with Gasteiger partial charge in [0.1, 0.15) is 18.0 Å². The number of amides is 1. The van der Waals surface area contributed by atoms with Crippen LogP contribution in [-0.2, 0) is 0 Å². The second-order valence-corrected chi connectivity index (χ2v) is 8.81. The van der Waals surface area contributed by atoms with Crippen LogP contribution in [0.1, 0.15) is 18.5 Å². The molecule has 2 aliphatic rings. The number of ether oxygens (including phenoxy) is 1. The molecule has 0 atom stereocenters. The molecule has 1 spiro atoms. The quantitative estimate of drug-likeness (QED) is 0.595. The highest BCUT2D eigenvalue weighted by Crippen LogP contribution is 2.45. The number of nitrogens with two attached hydrogens (primary N) is 1. The minimum atomic E-state index is -0.875. The molecule has 10 nitrogen and oxygen atoms in total. The van der Waals surface area contributed by atoms with E-state index >= 15 is 0 Å². The molecule has 0 aliphatic carbocycles. The van der Waals surface area contributed by atoms with Crippen LogP contribution in [0.4, 0.5) is 20.8 Å². The highest BCUT2D eigenvalue weighted by Gasteiger charge is 2.46. The Hall–Kier alpha value is -4.02. The SMILES string of the molecule is Cc1ccnc(Oc2ccc(-c3c(N)ncnc3N3CC4(CCN(C(=O)O)CC4)C3)cc2F)n1. The average molecular weight is 465 g/mol. The zero-order chi connectivity index (χ0) is 23.9. The van der Waals surface area contributed by atoms with Crippen LogP contribution in [0.3, 0.4) is 0 Å². The Labute approximate surface area is 195 Å². The fourth-order valence-corrected chi connectivity index (χ4v) is 4.62. The summed E-state index contributed by atoms with van der Waals surface area (Å²) in [5.41, 5.74) is 8.05. The maximum absolute atomic E-state index is 14.9. The van der Waals surface area contributed by atoms with Crippen LogP contribution in [0, 0.1) is 18.2 Å². The molecule has 0 bridgehead atoms. The van der Waals surface area contributed by atoms with E-state index in [9.17, 15) is 14.3 Å². The number of hydrogen-bond acceptors (Lipinski definition) is 8. The molecule has 2 aliphatic heterocycles. The van der Waals surface area contributed by atoms with Crippen molar-refractivity contribution in [1.82, 2.24) is 24.8 Å². The van der Waals surface area contributed by atoms with Gasteiger partial charge in [-0.2, -0.15) is 0 Å². The molecule has 5 rings (SSSR count). The highest BCUT2D eigenvalue weighted by atomic mass is 19.1. The number of nitrogen functional groups attached to an aromatic ring is 1. The average Bonchev–Trinajstić information content (AvgIpc) is 2.79. The van der Waals surface area contributed by atoms with E-state index in [2.05, 4.69) is 24.8 Å². The lowest BCUT2D eigenvalue weighted by Gasteiger charge is -2.54. The predicted octanol–water partition coefficient (Wildman–Crippen LogP) is 3.34. The van der Waals surface area contributed by atoms with Gasteiger partial charge in [-0.15, -0.1) is 0 Å². The molecule has 11 heteroatoms. The number of halogens is 1. The summed E-state index contributed by atoms with van der Waals surface area (Å²) in [6.07, 6.45) is 3.67. The summed E-state index contributed by atoms with van der Waals surface area (Å²) in [5, 5.41) is 9.20. The van der Waals surface area contributed by atoms with Crippen molar-refractivity contribution in [3.63, 3.8) is 0 Å². The Bertz CT molecular complexity index is 1240. The maximum Gasteiger partial charge on any atom is 0.407 e. The van der Waals surface area contributed by atoms with E-state index in [4.69, 9.17) is 10.5 Å². The van der Waals surface area contributed by atoms with E-state index in [1.54, 1.807) is 25.3 Å². The van der Waals surface area contributed by atoms with Gasteiger partial charge in [-0.1, -0.05) is 6.07 Å². The summed E-state index contributed by atoms with van der Waals surface area (Å²) in [6, 6.07) is 6.33. The zero-order valence-corrected chi connectivity index (χ0v) is 18.6. The monoisotopic (exact) mass is 465 g/mol. The molecule has 4 heterocycles. The van der Waals surface area contributed by atoms with Crippen LogP contribution in [0.5, 0.6) is 11.8 Å². The number of rotatable bonds is 4.